The molecule has 5 heteroatoms. The summed E-state index contributed by atoms with van der Waals surface area (Å²) in [5.41, 5.74) is 0.154. The number of H-pyrrole nitrogens is 1. The molecule has 0 aliphatic carbocycles. The molecule has 0 spiro atoms. The summed E-state index contributed by atoms with van der Waals surface area (Å²) in [6.45, 7) is 3.21. The number of hydrogen-bond acceptors (Lipinski definition) is 4. The Morgan fingerprint density at radius 3 is 3.00 bits per heavy atom. The third-order valence-electron chi connectivity index (χ3n) is 2.83. The maximum absolute atomic E-state index is 11.7. The quantitative estimate of drug-likeness (QED) is 0.801. The Bertz CT molecular complexity index is 422. The third kappa shape index (κ3) is 2.09. The first-order valence-corrected chi connectivity index (χ1v) is 5.62. The Balaban J connectivity index is 2.32. The molecule has 0 bridgehead atoms. The SMILES string of the molecule is CCCc1c(O)nc(C2CCOC2)[nH]c1=O. The lowest BCUT2D eigenvalue weighted by Gasteiger charge is -2.08. The van der Waals surface area contributed by atoms with E-state index in [0.717, 1.165) is 12.8 Å². The van der Waals surface area contributed by atoms with Crippen LogP contribution in [-0.4, -0.2) is 28.3 Å². The number of nitrogens with zero attached hydrogens (tertiary/aromatic N) is 1. The molecular formula is C11H16N2O3. The predicted octanol–water partition coefficient (Wildman–Crippen LogP) is 0.932. The Morgan fingerprint density at radius 1 is 1.62 bits per heavy atom. The van der Waals surface area contributed by atoms with Crippen LogP contribution in [0.5, 0.6) is 5.88 Å². The smallest absolute Gasteiger partial charge is 0.257 e. The fourth-order valence-corrected chi connectivity index (χ4v) is 1.92. The van der Waals surface area contributed by atoms with Crippen molar-refractivity contribution in [2.75, 3.05) is 13.2 Å². The van der Waals surface area contributed by atoms with Gasteiger partial charge in [0.15, 0.2) is 0 Å². The van der Waals surface area contributed by atoms with Gasteiger partial charge in [0.05, 0.1) is 12.2 Å². The molecule has 1 atom stereocenters. The minimum Gasteiger partial charge on any atom is -0.493 e. The fraction of sp³-hybridized carbons (Fsp3) is 0.636. The Hall–Kier alpha value is -1.36. The van der Waals surface area contributed by atoms with Gasteiger partial charge in [0.2, 0.25) is 5.88 Å². The third-order valence-corrected chi connectivity index (χ3v) is 2.83. The van der Waals surface area contributed by atoms with Gasteiger partial charge in [-0.15, -0.1) is 0 Å². The van der Waals surface area contributed by atoms with E-state index in [9.17, 15) is 9.90 Å². The molecule has 16 heavy (non-hydrogen) atoms. The second-order valence-corrected chi connectivity index (χ2v) is 4.06. The lowest BCUT2D eigenvalue weighted by Crippen LogP contribution is -2.19. The molecule has 88 valence electrons. The molecule has 1 aromatic rings. The highest BCUT2D eigenvalue weighted by atomic mass is 16.5. The highest BCUT2D eigenvalue weighted by Crippen LogP contribution is 2.23. The molecule has 1 aromatic heterocycles. The second-order valence-electron chi connectivity index (χ2n) is 4.06. The first kappa shape index (κ1) is 11.1. The molecule has 0 saturated carbocycles. The van der Waals surface area contributed by atoms with Crippen molar-refractivity contribution in [3.8, 4) is 5.88 Å². The van der Waals surface area contributed by atoms with Crippen molar-refractivity contribution in [3.63, 3.8) is 0 Å². The molecule has 1 unspecified atom stereocenters. The van der Waals surface area contributed by atoms with Gasteiger partial charge in [0, 0.05) is 12.5 Å². The van der Waals surface area contributed by atoms with Gasteiger partial charge < -0.3 is 14.8 Å². The van der Waals surface area contributed by atoms with Crippen molar-refractivity contribution < 1.29 is 9.84 Å². The lowest BCUT2D eigenvalue weighted by atomic mass is 10.1. The summed E-state index contributed by atoms with van der Waals surface area (Å²) in [5, 5.41) is 9.69. The molecule has 1 saturated heterocycles. The molecule has 0 amide bonds. The molecule has 1 aliphatic rings. The van der Waals surface area contributed by atoms with E-state index in [0.29, 0.717) is 31.0 Å². The molecule has 2 N–H and O–H groups in total. The summed E-state index contributed by atoms with van der Waals surface area (Å²) < 4.78 is 5.23. The van der Waals surface area contributed by atoms with E-state index in [1.165, 1.54) is 0 Å². The van der Waals surface area contributed by atoms with Gasteiger partial charge in [0.1, 0.15) is 5.82 Å². The van der Waals surface area contributed by atoms with Crippen LogP contribution in [-0.2, 0) is 11.2 Å². The average molecular weight is 224 g/mol. The van der Waals surface area contributed by atoms with Crippen LogP contribution in [0.15, 0.2) is 4.79 Å². The van der Waals surface area contributed by atoms with Gasteiger partial charge >= 0.3 is 0 Å². The van der Waals surface area contributed by atoms with E-state index >= 15 is 0 Å². The summed E-state index contributed by atoms with van der Waals surface area (Å²) in [7, 11) is 0. The minimum absolute atomic E-state index is 0.106. The Morgan fingerprint density at radius 2 is 2.44 bits per heavy atom. The summed E-state index contributed by atoms with van der Waals surface area (Å²) in [4.78, 5) is 18.5. The van der Waals surface area contributed by atoms with Crippen LogP contribution < -0.4 is 5.56 Å². The highest BCUT2D eigenvalue weighted by molar-refractivity contribution is 5.23. The lowest BCUT2D eigenvalue weighted by molar-refractivity contribution is 0.193. The number of aromatic hydroxyl groups is 1. The van der Waals surface area contributed by atoms with Crippen LogP contribution in [0.25, 0.3) is 0 Å². The monoisotopic (exact) mass is 224 g/mol. The van der Waals surface area contributed by atoms with Crippen molar-refractivity contribution in [1.82, 2.24) is 9.97 Å². The number of aromatic amines is 1. The van der Waals surface area contributed by atoms with Crippen LogP contribution in [0, 0.1) is 0 Å². The van der Waals surface area contributed by atoms with E-state index < -0.39 is 0 Å². The van der Waals surface area contributed by atoms with Gasteiger partial charge in [-0.25, -0.2) is 0 Å². The molecule has 5 nitrogen and oxygen atoms in total. The molecule has 1 fully saturated rings. The zero-order valence-corrected chi connectivity index (χ0v) is 9.32. The number of ether oxygens (including phenoxy) is 1. The van der Waals surface area contributed by atoms with Crippen LogP contribution in [0.4, 0.5) is 0 Å². The van der Waals surface area contributed by atoms with Gasteiger partial charge in [-0.3, -0.25) is 4.79 Å². The van der Waals surface area contributed by atoms with E-state index in [1.54, 1.807) is 0 Å². The molecule has 2 heterocycles. The van der Waals surface area contributed by atoms with Crippen molar-refractivity contribution in [2.24, 2.45) is 0 Å². The van der Waals surface area contributed by atoms with Crippen LogP contribution in [0.3, 0.4) is 0 Å². The Labute approximate surface area is 93.5 Å². The normalized spacial score (nSPS) is 20.2. The average Bonchev–Trinajstić information content (AvgIpc) is 2.76. The van der Waals surface area contributed by atoms with E-state index in [2.05, 4.69) is 9.97 Å². The fourth-order valence-electron chi connectivity index (χ4n) is 1.92. The number of hydrogen-bond donors (Lipinski definition) is 2. The first-order valence-electron chi connectivity index (χ1n) is 5.62. The molecule has 0 aromatic carbocycles. The first-order chi connectivity index (χ1) is 7.72. The van der Waals surface area contributed by atoms with Gasteiger partial charge in [-0.1, -0.05) is 13.3 Å². The van der Waals surface area contributed by atoms with Crippen molar-refractivity contribution >= 4 is 0 Å². The zero-order chi connectivity index (χ0) is 11.5. The van der Waals surface area contributed by atoms with Crippen LogP contribution in [0.2, 0.25) is 0 Å². The standard InChI is InChI=1S/C11H16N2O3/c1-2-3-8-10(14)12-9(13-11(8)15)7-4-5-16-6-7/h7H,2-6H2,1H3,(H2,12,13,14,15). The number of nitrogens with one attached hydrogen (secondary N) is 1. The summed E-state index contributed by atoms with van der Waals surface area (Å²) >= 11 is 0. The molecule has 1 aliphatic heterocycles. The summed E-state index contributed by atoms with van der Waals surface area (Å²) in [6.07, 6.45) is 2.20. The maximum atomic E-state index is 11.7. The summed E-state index contributed by atoms with van der Waals surface area (Å²) in [5.74, 6) is 0.515. The van der Waals surface area contributed by atoms with E-state index in [-0.39, 0.29) is 17.4 Å². The van der Waals surface area contributed by atoms with Crippen LogP contribution >= 0.6 is 0 Å². The van der Waals surface area contributed by atoms with Crippen LogP contribution in [0.1, 0.15) is 37.1 Å². The zero-order valence-electron chi connectivity index (χ0n) is 9.32. The molecule has 2 rings (SSSR count). The van der Waals surface area contributed by atoms with Gasteiger partial charge in [0.25, 0.3) is 5.56 Å². The topological polar surface area (TPSA) is 75.2 Å². The highest BCUT2D eigenvalue weighted by Gasteiger charge is 2.22. The molecular weight excluding hydrogens is 208 g/mol. The van der Waals surface area contributed by atoms with Crippen molar-refractivity contribution in [3.05, 3.63) is 21.7 Å². The number of aromatic nitrogens is 2. The van der Waals surface area contributed by atoms with Gasteiger partial charge in [-0.05, 0) is 12.8 Å². The number of rotatable bonds is 3. The van der Waals surface area contributed by atoms with Crippen molar-refractivity contribution in [2.45, 2.75) is 32.1 Å². The van der Waals surface area contributed by atoms with E-state index in [4.69, 9.17) is 4.74 Å². The molecule has 0 radical (unpaired) electrons. The minimum atomic E-state index is -0.226. The Kier molecular flexibility index (Phi) is 3.24. The van der Waals surface area contributed by atoms with Crippen molar-refractivity contribution in [1.29, 1.82) is 0 Å². The second kappa shape index (κ2) is 4.65. The largest absolute Gasteiger partial charge is 0.493 e. The van der Waals surface area contributed by atoms with Gasteiger partial charge in [-0.2, -0.15) is 4.98 Å². The maximum Gasteiger partial charge on any atom is 0.257 e. The summed E-state index contributed by atoms with van der Waals surface area (Å²) in [6, 6.07) is 0. The predicted molar refractivity (Wildman–Crippen MR) is 58.7 cm³/mol. The van der Waals surface area contributed by atoms with E-state index in [1.807, 2.05) is 6.92 Å².